The summed E-state index contributed by atoms with van der Waals surface area (Å²) in [6, 6.07) is 56.2. The number of para-hydroxylation sites is 2. The minimum absolute atomic E-state index is 0. The second-order valence-electron chi connectivity index (χ2n) is 16.1. The molecule has 0 aliphatic heterocycles. The smallest absolute Gasteiger partial charge is 0.0795 e. The average Bonchev–Trinajstić information content (AvgIpc) is 3.79. The number of hydrogen-bond donors (Lipinski definition) is 0. The second kappa shape index (κ2) is 16.9. The molecule has 9 rings (SSSR count). The van der Waals surface area contributed by atoms with Gasteiger partial charge < -0.3 is 9.55 Å². The second-order valence-corrected chi connectivity index (χ2v) is 22.3. The molecule has 3 aromatic heterocycles. The molecule has 0 unspecified atom stereocenters. The van der Waals surface area contributed by atoms with E-state index in [9.17, 15) is 0 Å². The van der Waals surface area contributed by atoms with Gasteiger partial charge in [-0.05, 0) is 85.4 Å². The Labute approximate surface area is 355 Å². The van der Waals surface area contributed by atoms with Gasteiger partial charge in [0.1, 0.15) is 0 Å². The molecule has 0 aliphatic rings. The first kappa shape index (κ1) is 40.2. The van der Waals surface area contributed by atoms with Gasteiger partial charge in [0.05, 0.1) is 24.9 Å². The van der Waals surface area contributed by atoms with Crippen LogP contribution >= 0.6 is 11.3 Å². The third-order valence-electron chi connectivity index (χ3n) is 10.5. The fraction of sp³-hybridized carbons (Fsp3) is 0.176. The van der Waals surface area contributed by atoms with Crippen LogP contribution in [0, 0.1) is 12.1 Å². The van der Waals surface area contributed by atoms with E-state index >= 15 is 0 Å². The molecule has 0 amide bonds. The number of fused-ring (bicyclic) bond motifs is 4. The van der Waals surface area contributed by atoms with Crippen molar-refractivity contribution in [3.63, 3.8) is 0 Å². The number of nitrogens with zero attached hydrogens (tertiary/aromatic N) is 3. The standard InChI is InChI=1S/C37H31N2S.C14H16NSi.Ir/c1-23(2)29-21-27(25-12-6-5-7-13-25)22-30(24(3)4)36(29)39-33-16-10-9-15-32(33)38-37(39)26-18-19-35-31(20-26)28-14-8-11-17-34(28)40-35;1-16(2,3)13-9-10-14(15-11-13)12-7-5-4-6-8-12;/h5-17,19-24H,1-4H3;4-7,9-11H,1-3H3;/q2*-1;. The summed E-state index contributed by atoms with van der Waals surface area (Å²) in [5.74, 6) is 1.60. The van der Waals surface area contributed by atoms with E-state index in [4.69, 9.17) is 4.98 Å². The monoisotopic (exact) mass is 954 g/mol. The van der Waals surface area contributed by atoms with Crippen molar-refractivity contribution >= 4 is 55.8 Å². The summed E-state index contributed by atoms with van der Waals surface area (Å²) in [6.07, 6.45) is 2.02. The molecule has 0 fully saturated rings. The minimum atomic E-state index is -1.23. The summed E-state index contributed by atoms with van der Waals surface area (Å²) in [6.45, 7) is 16.2. The summed E-state index contributed by atoms with van der Waals surface area (Å²) >= 11 is 1.82. The zero-order valence-corrected chi connectivity index (χ0v) is 37.8. The van der Waals surface area contributed by atoms with Gasteiger partial charge in [0.25, 0.3) is 0 Å². The first-order valence-corrected chi connectivity index (χ1v) is 23.9. The number of thiophene rings is 1. The Kier molecular flexibility index (Phi) is 11.9. The molecule has 0 atom stereocenters. The Balaban J connectivity index is 0.000000246. The molecule has 9 aromatic rings. The first-order chi connectivity index (χ1) is 27.1. The summed E-state index contributed by atoms with van der Waals surface area (Å²) in [4.78, 5) is 9.77. The SMILES string of the molecule is CC(C)c1cc(-c2ccccc2)cc(C(C)C)c1-n1c(-c2[c-]cc3sc4ccccc4c3c2)nc2ccccc21.C[Si](C)(C)c1ccc(-c2[c-]cccc2)nc1.[Ir]. The topological polar surface area (TPSA) is 30.7 Å². The van der Waals surface area contributed by atoms with Crippen LogP contribution in [0.3, 0.4) is 0 Å². The molecule has 0 spiro atoms. The third-order valence-corrected chi connectivity index (χ3v) is 13.6. The van der Waals surface area contributed by atoms with E-state index in [2.05, 4.69) is 184 Å². The van der Waals surface area contributed by atoms with Crippen molar-refractivity contribution < 1.29 is 20.1 Å². The van der Waals surface area contributed by atoms with Crippen LogP contribution in [0.4, 0.5) is 0 Å². The molecule has 0 aliphatic carbocycles. The van der Waals surface area contributed by atoms with Gasteiger partial charge in [0, 0.05) is 36.7 Å². The maximum absolute atomic E-state index is 5.25. The van der Waals surface area contributed by atoms with Crippen LogP contribution in [-0.2, 0) is 20.1 Å². The van der Waals surface area contributed by atoms with Crippen molar-refractivity contribution in [3.8, 4) is 39.5 Å². The van der Waals surface area contributed by atoms with Crippen LogP contribution in [0.1, 0.15) is 50.7 Å². The molecule has 6 heteroatoms. The molecule has 0 N–H and O–H groups in total. The Morgan fingerprint density at radius 1 is 0.632 bits per heavy atom. The number of pyridine rings is 1. The van der Waals surface area contributed by atoms with Gasteiger partial charge in [-0.1, -0.05) is 126 Å². The Morgan fingerprint density at radius 2 is 1.32 bits per heavy atom. The van der Waals surface area contributed by atoms with Crippen molar-refractivity contribution in [3.05, 3.63) is 169 Å². The molecule has 1 radical (unpaired) electrons. The fourth-order valence-electron chi connectivity index (χ4n) is 7.40. The molecule has 3 nitrogen and oxygen atoms in total. The molecule has 57 heavy (non-hydrogen) atoms. The van der Waals surface area contributed by atoms with Gasteiger partial charge in [-0.25, -0.2) is 0 Å². The third kappa shape index (κ3) is 8.24. The van der Waals surface area contributed by atoms with Gasteiger partial charge in [0.15, 0.2) is 0 Å². The molecule has 3 heterocycles. The van der Waals surface area contributed by atoms with Gasteiger partial charge in [-0.2, -0.15) is 11.3 Å². The van der Waals surface area contributed by atoms with Crippen LogP contribution in [0.2, 0.25) is 19.6 Å². The van der Waals surface area contributed by atoms with E-state index in [1.165, 1.54) is 53.3 Å². The normalized spacial score (nSPS) is 11.6. The predicted molar refractivity (Wildman–Crippen MR) is 243 cm³/mol. The number of imidazole rings is 1. The number of hydrogen-bond acceptors (Lipinski definition) is 3. The first-order valence-electron chi connectivity index (χ1n) is 19.5. The van der Waals surface area contributed by atoms with E-state index in [0.717, 1.165) is 33.7 Å². The summed E-state index contributed by atoms with van der Waals surface area (Å²) in [7, 11) is -1.23. The number of benzene rings is 6. The van der Waals surface area contributed by atoms with E-state index in [1.54, 1.807) is 0 Å². The molecular formula is C51H47IrN3SSi-2. The van der Waals surface area contributed by atoms with E-state index in [1.807, 2.05) is 41.8 Å². The van der Waals surface area contributed by atoms with Crippen LogP contribution in [0.15, 0.2) is 146 Å². The maximum Gasteiger partial charge on any atom is 0.0795 e. The number of aromatic nitrogens is 3. The van der Waals surface area contributed by atoms with Gasteiger partial charge >= 0.3 is 0 Å². The van der Waals surface area contributed by atoms with Crippen LogP contribution < -0.4 is 5.19 Å². The molecule has 0 bridgehead atoms. The van der Waals surface area contributed by atoms with Crippen molar-refractivity contribution in [2.75, 3.05) is 0 Å². The molecule has 0 saturated carbocycles. The Hall–Kier alpha value is -4.97. The summed E-state index contributed by atoms with van der Waals surface area (Å²) < 4.78 is 4.96. The Bertz CT molecular complexity index is 2750. The van der Waals surface area contributed by atoms with E-state index < -0.39 is 8.07 Å². The van der Waals surface area contributed by atoms with Gasteiger partial charge in [-0.15, -0.1) is 59.7 Å². The quantitative estimate of drug-likeness (QED) is 0.118. The maximum atomic E-state index is 5.25. The number of rotatable bonds is 7. The largest absolute Gasteiger partial charge is 0.333 e. The van der Waals surface area contributed by atoms with Crippen molar-refractivity contribution in [2.45, 2.75) is 59.2 Å². The van der Waals surface area contributed by atoms with Crippen molar-refractivity contribution in [2.24, 2.45) is 0 Å². The van der Waals surface area contributed by atoms with Gasteiger partial charge in [-0.3, -0.25) is 4.98 Å². The van der Waals surface area contributed by atoms with Crippen LogP contribution in [0.5, 0.6) is 0 Å². The van der Waals surface area contributed by atoms with Crippen molar-refractivity contribution in [1.29, 1.82) is 0 Å². The van der Waals surface area contributed by atoms with Gasteiger partial charge in [0.2, 0.25) is 0 Å². The Morgan fingerprint density at radius 3 is 1.98 bits per heavy atom. The zero-order valence-electron chi connectivity index (χ0n) is 33.6. The molecule has 0 saturated heterocycles. The van der Waals surface area contributed by atoms with E-state index in [0.29, 0.717) is 11.8 Å². The van der Waals surface area contributed by atoms with Crippen molar-refractivity contribution in [1.82, 2.24) is 14.5 Å². The summed E-state index contributed by atoms with van der Waals surface area (Å²) in [5, 5.41) is 3.95. The van der Waals surface area contributed by atoms with E-state index in [-0.39, 0.29) is 20.1 Å². The van der Waals surface area contributed by atoms with Crippen LogP contribution in [-0.4, -0.2) is 22.6 Å². The fourth-order valence-corrected chi connectivity index (χ4v) is 9.50. The molecule has 287 valence electrons. The average molecular weight is 954 g/mol. The summed E-state index contributed by atoms with van der Waals surface area (Å²) in [5.41, 5.74) is 11.6. The van der Waals surface area contributed by atoms with Crippen LogP contribution in [0.25, 0.3) is 70.7 Å². The molecular weight excluding hydrogens is 907 g/mol. The predicted octanol–water partition coefficient (Wildman–Crippen LogP) is 13.9. The molecule has 6 aromatic carbocycles. The minimum Gasteiger partial charge on any atom is -0.333 e. The zero-order chi connectivity index (χ0) is 39.0.